The molecule has 1 aromatic rings. The number of carbonyl (C=O) groups excluding carboxylic acids is 1. The molecule has 0 bridgehead atoms. The lowest BCUT2D eigenvalue weighted by atomic mass is 9.95. The summed E-state index contributed by atoms with van der Waals surface area (Å²) in [6.45, 7) is 1.11. The third-order valence-electron chi connectivity index (χ3n) is 4.07. The largest absolute Gasteiger partial charge is 0.352 e. The maximum Gasteiger partial charge on any atom is 0.272 e. The molecule has 0 saturated heterocycles. The zero-order valence-electron chi connectivity index (χ0n) is 13.4. The highest BCUT2D eigenvalue weighted by molar-refractivity contribution is 7.89. The van der Waals surface area contributed by atoms with Crippen LogP contribution in [0.3, 0.4) is 0 Å². The first-order valence-corrected chi connectivity index (χ1v) is 9.32. The first-order chi connectivity index (χ1) is 11.3. The molecule has 1 aliphatic carbocycles. The van der Waals surface area contributed by atoms with E-state index >= 15 is 0 Å². The van der Waals surface area contributed by atoms with Gasteiger partial charge in [0.15, 0.2) is 0 Å². The Labute approximate surface area is 140 Å². The van der Waals surface area contributed by atoms with Crippen LogP contribution >= 0.6 is 0 Å². The van der Waals surface area contributed by atoms with Gasteiger partial charge in [0.25, 0.3) is 5.69 Å². The van der Waals surface area contributed by atoms with E-state index in [2.05, 4.69) is 10.0 Å². The molecule has 0 radical (unpaired) electrons. The van der Waals surface area contributed by atoms with Gasteiger partial charge in [0, 0.05) is 17.7 Å². The number of carbonyl (C=O) groups is 1. The fourth-order valence-electron chi connectivity index (χ4n) is 2.77. The van der Waals surface area contributed by atoms with Crippen LogP contribution < -0.4 is 10.0 Å². The SMILES string of the molecule is Cc1cc(S(=O)(=O)NCC(=O)NC2CCCCC2)ccc1[N+](=O)[O-]. The van der Waals surface area contributed by atoms with E-state index in [1.54, 1.807) is 0 Å². The molecule has 1 aliphatic rings. The number of sulfonamides is 1. The summed E-state index contributed by atoms with van der Waals surface area (Å²) < 4.78 is 26.6. The molecule has 0 atom stereocenters. The van der Waals surface area contributed by atoms with Crippen molar-refractivity contribution < 1.29 is 18.1 Å². The van der Waals surface area contributed by atoms with Gasteiger partial charge in [-0.1, -0.05) is 19.3 Å². The van der Waals surface area contributed by atoms with Crippen LogP contribution in [0.15, 0.2) is 23.1 Å². The molecule has 1 fully saturated rings. The standard InChI is InChI=1S/C15H21N3O5S/c1-11-9-13(7-8-14(11)18(20)21)24(22,23)16-10-15(19)17-12-5-3-2-4-6-12/h7-9,12,16H,2-6,10H2,1H3,(H,17,19). The van der Waals surface area contributed by atoms with Crippen LogP contribution in [0.1, 0.15) is 37.7 Å². The number of nitro groups is 1. The van der Waals surface area contributed by atoms with Crippen molar-refractivity contribution in [2.24, 2.45) is 0 Å². The van der Waals surface area contributed by atoms with Crippen molar-refractivity contribution in [3.05, 3.63) is 33.9 Å². The second-order valence-electron chi connectivity index (χ2n) is 5.93. The highest BCUT2D eigenvalue weighted by Crippen LogP contribution is 2.21. The Hall–Kier alpha value is -2.00. The summed E-state index contributed by atoms with van der Waals surface area (Å²) in [5, 5.41) is 13.6. The summed E-state index contributed by atoms with van der Waals surface area (Å²) in [7, 11) is -3.89. The van der Waals surface area contributed by atoms with Crippen LogP contribution in [0.5, 0.6) is 0 Å². The third-order valence-corrected chi connectivity index (χ3v) is 5.47. The fourth-order valence-corrected chi connectivity index (χ4v) is 3.84. The minimum absolute atomic E-state index is 0.101. The summed E-state index contributed by atoms with van der Waals surface area (Å²) in [5.41, 5.74) is 0.0959. The van der Waals surface area contributed by atoms with Gasteiger partial charge in [-0.15, -0.1) is 0 Å². The van der Waals surface area contributed by atoms with Gasteiger partial charge in [0.2, 0.25) is 15.9 Å². The Bertz CT molecular complexity index is 727. The van der Waals surface area contributed by atoms with Gasteiger partial charge in [-0.2, -0.15) is 0 Å². The van der Waals surface area contributed by atoms with Gasteiger partial charge in [-0.25, -0.2) is 13.1 Å². The van der Waals surface area contributed by atoms with E-state index in [-0.39, 0.29) is 34.6 Å². The average molecular weight is 355 g/mol. The van der Waals surface area contributed by atoms with E-state index in [4.69, 9.17) is 0 Å². The fraction of sp³-hybridized carbons (Fsp3) is 0.533. The van der Waals surface area contributed by atoms with Crippen molar-refractivity contribution >= 4 is 21.6 Å². The van der Waals surface area contributed by atoms with Crippen LogP contribution in [0.2, 0.25) is 0 Å². The highest BCUT2D eigenvalue weighted by atomic mass is 32.2. The van der Waals surface area contributed by atoms with E-state index in [0.717, 1.165) is 37.8 Å². The predicted octanol–water partition coefficient (Wildman–Crippen LogP) is 1.63. The zero-order chi connectivity index (χ0) is 17.7. The normalized spacial score (nSPS) is 15.9. The molecule has 0 heterocycles. The quantitative estimate of drug-likeness (QED) is 0.594. The molecule has 132 valence electrons. The minimum Gasteiger partial charge on any atom is -0.352 e. The number of amides is 1. The van der Waals surface area contributed by atoms with Gasteiger partial charge in [-0.05, 0) is 31.9 Å². The molecule has 1 aromatic carbocycles. The molecule has 2 N–H and O–H groups in total. The monoisotopic (exact) mass is 355 g/mol. The molecule has 2 rings (SSSR count). The number of nitrogens with zero attached hydrogens (tertiary/aromatic N) is 1. The van der Waals surface area contributed by atoms with Gasteiger partial charge < -0.3 is 5.32 Å². The van der Waals surface area contributed by atoms with Gasteiger partial charge in [0.1, 0.15) is 0 Å². The van der Waals surface area contributed by atoms with Crippen molar-refractivity contribution in [3.8, 4) is 0 Å². The van der Waals surface area contributed by atoms with Gasteiger partial charge in [-0.3, -0.25) is 14.9 Å². The van der Waals surface area contributed by atoms with Crippen molar-refractivity contribution in [1.82, 2.24) is 10.0 Å². The molecule has 0 unspecified atom stereocenters. The van der Waals surface area contributed by atoms with Crippen molar-refractivity contribution in [3.63, 3.8) is 0 Å². The lowest BCUT2D eigenvalue weighted by Gasteiger charge is -2.22. The molecule has 0 aromatic heterocycles. The van der Waals surface area contributed by atoms with Crippen LogP contribution in [0.25, 0.3) is 0 Å². The Morgan fingerprint density at radius 2 is 1.96 bits per heavy atom. The average Bonchev–Trinajstić information content (AvgIpc) is 2.53. The molecular weight excluding hydrogens is 334 g/mol. The highest BCUT2D eigenvalue weighted by Gasteiger charge is 2.21. The second kappa shape index (κ2) is 7.71. The van der Waals surface area contributed by atoms with E-state index in [1.165, 1.54) is 19.4 Å². The summed E-state index contributed by atoms with van der Waals surface area (Å²) >= 11 is 0. The number of nitro benzene ring substituents is 1. The zero-order valence-corrected chi connectivity index (χ0v) is 14.3. The maximum atomic E-state index is 12.2. The summed E-state index contributed by atoms with van der Waals surface area (Å²) in [6.07, 6.45) is 5.13. The molecule has 9 heteroatoms. The smallest absolute Gasteiger partial charge is 0.272 e. The van der Waals surface area contributed by atoms with Gasteiger partial charge >= 0.3 is 0 Å². The Kier molecular flexibility index (Phi) is 5.89. The maximum absolute atomic E-state index is 12.2. The molecule has 1 saturated carbocycles. The number of rotatable bonds is 6. The number of hydrogen-bond donors (Lipinski definition) is 2. The predicted molar refractivity (Wildman–Crippen MR) is 88.0 cm³/mol. The molecular formula is C15H21N3O5S. The molecule has 24 heavy (non-hydrogen) atoms. The molecule has 0 aliphatic heterocycles. The van der Waals surface area contributed by atoms with Crippen LogP contribution in [0, 0.1) is 17.0 Å². The first-order valence-electron chi connectivity index (χ1n) is 7.83. The number of aryl methyl sites for hydroxylation is 1. The number of nitrogens with one attached hydrogen (secondary N) is 2. The molecule has 1 amide bonds. The van der Waals surface area contributed by atoms with E-state index < -0.39 is 14.9 Å². The van der Waals surface area contributed by atoms with E-state index in [0.29, 0.717) is 0 Å². The lowest BCUT2D eigenvalue weighted by Crippen LogP contribution is -2.42. The minimum atomic E-state index is -3.89. The van der Waals surface area contributed by atoms with E-state index in [9.17, 15) is 23.3 Å². The second-order valence-corrected chi connectivity index (χ2v) is 7.70. The first kappa shape index (κ1) is 18.3. The van der Waals surface area contributed by atoms with Crippen LogP contribution in [-0.2, 0) is 14.8 Å². The van der Waals surface area contributed by atoms with Crippen LogP contribution in [0.4, 0.5) is 5.69 Å². The van der Waals surface area contributed by atoms with Crippen molar-refractivity contribution in [2.75, 3.05) is 6.54 Å². The number of hydrogen-bond acceptors (Lipinski definition) is 5. The Morgan fingerprint density at radius 3 is 2.54 bits per heavy atom. The van der Waals surface area contributed by atoms with Crippen LogP contribution in [-0.4, -0.2) is 31.8 Å². The molecule has 8 nitrogen and oxygen atoms in total. The lowest BCUT2D eigenvalue weighted by molar-refractivity contribution is -0.385. The number of benzene rings is 1. The Balaban J connectivity index is 1.96. The van der Waals surface area contributed by atoms with E-state index in [1.807, 2.05) is 0 Å². The third kappa shape index (κ3) is 4.75. The summed E-state index contributed by atoms with van der Waals surface area (Å²) in [4.78, 5) is 22.0. The van der Waals surface area contributed by atoms with Crippen molar-refractivity contribution in [1.29, 1.82) is 0 Å². The van der Waals surface area contributed by atoms with Crippen molar-refractivity contribution in [2.45, 2.75) is 50.0 Å². The Morgan fingerprint density at radius 1 is 1.29 bits per heavy atom. The summed E-state index contributed by atoms with van der Waals surface area (Å²) in [5.74, 6) is -0.371. The van der Waals surface area contributed by atoms with Gasteiger partial charge in [0.05, 0.1) is 16.4 Å². The summed E-state index contributed by atoms with van der Waals surface area (Å²) in [6, 6.07) is 3.63. The topological polar surface area (TPSA) is 118 Å². The molecule has 0 spiro atoms.